The van der Waals surface area contributed by atoms with E-state index in [0.29, 0.717) is 6.04 Å². The molecular weight excluding hydrogens is 186 g/mol. The Morgan fingerprint density at radius 1 is 1.60 bits per heavy atom. The van der Waals surface area contributed by atoms with Crippen LogP contribution in [0.25, 0.3) is 0 Å². The molecule has 1 N–H and O–H groups in total. The lowest BCUT2D eigenvalue weighted by atomic mass is 9.78. The summed E-state index contributed by atoms with van der Waals surface area (Å²) in [6.07, 6.45) is 7.22. The van der Waals surface area contributed by atoms with Crippen LogP contribution in [-0.4, -0.2) is 16.3 Å². The maximum Gasteiger partial charge on any atom is 0.0553 e. The van der Waals surface area contributed by atoms with Gasteiger partial charge >= 0.3 is 0 Å². The molecule has 0 saturated heterocycles. The SMILES string of the molecule is CCCNC(c1ccnn1C)C1CCC1. The van der Waals surface area contributed by atoms with E-state index in [9.17, 15) is 0 Å². The van der Waals surface area contributed by atoms with Crippen LogP contribution in [0, 0.1) is 5.92 Å². The van der Waals surface area contributed by atoms with Crippen LogP contribution in [0.4, 0.5) is 0 Å². The molecule has 0 radical (unpaired) electrons. The second kappa shape index (κ2) is 4.79. The zero-order chi connectivity index (χ0) is 10.7. The molecule has 1 atom stereocenters. The number of hydrogen-bond acceptors (Lipinski definition) is 2. The number of aromatic nitrogens is 2. The molecule has 3 nitrogen and oxygen atoms in total. The Morgan fingerprint density at radius 3 is 2.87 bits per heavy atom. The number of nitrogens with one attached hydrogen (secondary N) is 1. The van der Waals surface area contributed by atoms with Crippen molar-refractivity contribution in [3.05, 3.63) is 18.0 Å². The molecule has 1 aromatic rings. The molecule has 3 heteroatoms. The minimum absolute atomic E-state index is 0.520. The van der Waals surface area contributed by atoms with E-state index in [1.54, 1.807) is 0 Å². The fourth-order valence-electron chi connectivity index (χ4n) is 2.27. The predicted octanol–water partition coefficient (Wildman–Crippen LogP) is 2.26. The summed E-state index contributed by atoms with van der Waals surface area (Å²) in [6.45, 7) is 3.32. The lowest BCUT2D eigenvalue weighted by molar-refractivity contribution is 0.223. The molecular formula is C12H21N3. The third kappa shape index (κ3) is 2.23. The highest BCUT2D eigenvalue weighted by Crippen LogP contribution is 2.37. The van der Waals surface area contributed by atoms with Gasteiger partial charge in [-0.2, -0.15) is 5.10 Å². The van der Waals surface area contributed by atoms with Crippen LogP contribution in [0.15, 0.2) is 12.3 Å². The van der Waals surface area contributed by atoms with Crippen LogP contribution in [0.1, 0.15) is 44.3 Å². The van der Waals surface area contributed by atoms with Crippen molar-refractivity contribution in [1.82, 2.24) is 15.1 Å². The summed E-state index contributed by atoms with van der Waals surface area (Å²) < 4.78 is 2.01. The summed E-state index contributed by atoms with van der Waals surface area (Å²) in [4.78, 5) is 0. The Labute approximate surface area is 91.9 Å². The van der Waals surface area contributed by atoms with Gasteiger partial charge in [0.15, 0.2) is 0 Å². The van der Waals surface area contributed by atoms with Gasteiger partial charge in [0.25, 0.3) is 0 Å². The van der Waals surface area contributed by atoms with E-state index < -0.39 is 0 Å². The van der Waals surface area contributed by atoms with E-state index in [0.717, 1.165) is 12.5 Å². The molecule has 1 aliphatic rings. The van der Waals surface area contributed by atoms with Crippen LogP contribution in [0.3, 0.4) is 0 Å². The highest BCUT2D eigenvalue weighted by atomic mass is 15.3. The molecule has 1 aliphatic carbocycles. The van der Waals surface area contributed by atoms with Crippen molar-refractivity contribution in [2.24, 2.45) is 13.0 Å². The highest BCUT2D eigenvalue weighted by Gasteiger charge is 2.29. The standard InChI is InChI=1S/C12H21N3/c1-3-8-13-12(10-5-4-6-10)11-7-9-14-15(11)2/h7,9-10,12-13H,3-6,8H2,1-2H3. The molecule has 1 heterocycles. The fourth-order valence-corrected chi connectivity index (χ4v) is 2.27. The van der Waals surface area contributed by atoms with Gasteiger partial charge in [0, 0.05) is 13.2 Å². The molecule has 84 valence electrons. The topological polar surface area (TPSA) is 29.9 Å². The van der Waals surface area contributed by atoms with Gasteiger partial charge in [-0.05, 0) is 37.8 Å². The van der Waals surface area contributed by atoms with Crippen molar-refractivity contribution in [3.8, 4) is 0 Å². The van der Waals surface area contributed by atoms with Gasteiger partial charge in [0.1, 0.15) is 0 Å². The van der Waals surface area contributed by atoms with Crippen LogP contribution >= 0.6 is 0 Å². The third-order valence-electron chi connectivity index (χ3n) is 3.41. The van der Waals surface area contributed by atoms with E-state index in [1.165, 1.54) is 31.4 Å². The Bertz CT molecular complexity index is 302. The summed E-state index contributed by atoms with van der Waals surface area (Å²) in [7, 11) is 2.04. The first-order chi connectivity index (χ1) is 7.33. The quantitative estimate of drug-likeness (QED) is 0.802. The molecule has 1 saturated carbocycles. The minimum Gasteiger partial charge on any atom is -0.308 e. The van der Waals surface area contributed by atoms with E-state index >= 15 is 0 Å². The summed E-state index contributed by atoms with van der Waals surface area (Å²) in [5, 5.41) is 7.92. The zero-order valence-electron chi connectivity index (χ0n) is 9.74. The lowest BCUT2D eigenvalue weighted by Crippen LogP contribution is -2.34. The minimum atomic E-state index is 0.520. The maximum atomic E-state index is 4.26. The molecule has 1 unspecified atom stereocenters. The highest BCUT2D eigenvalue weighted by molar-refractivity contribution is 5.09. The first-order valence-electron chi connectivity index (χ1n) is 6.04. The molecule has 0 spiro atoms. The lowest BCUT2D eigenvalue weighted by Gasteiger charge is -2.34. The Kier molecular flexibility index (Phi) is 3.41. The van der Waals surface area contributed by atoms with Crippen LogP contribution in [-0.2, 0) is 7.05 Å². The zero-order valence-corrected chi connectivity index (χ0v) is 9.74. The van der Waals surface area contributed by atoms with Crippen molar-refractivity contribution < 1.29 is 0 Å². The Morgan fingerprint density at radius 2 is 2.40 bits per heavy atom. The van der Waals surface area contributed by atoms with E-state index in [-0.39, 0.29) is 0 Å². The fraction of sp³-hybridized carbons (Fsp3) is 0.750. The van der Waals surface area contributed by atoms with E-state index in [4.69, 9.17) is 0 Å². The van der Waals surface area contributed by atoms with Crippen molar-refractivity contribution >= 4 is 0 Å². The molecule has 2 rings (SSSR count). The average molecular weight is 207 g/mol. The van der Waals surface area contributed by atoms with Gasteiger partial charge in [-0.3, -0.25) is 4.68 Å². The van der Waals surface area contributed by atoms with Crippen LogP contribution in [0.2, 0.25) is 0 Å². The monoisotopic (exact) mass is 207 g/mol. The van der Waals surface area contributed by atoms with Gasteiger partial charge in [-0.25, -0.2) is 0 Å². The largest absolute Gasteiger partial charge is 0.308 e. The van der Waals surface area contributed by atoms with Crippen molar-refractivity contribution in [2.75, 3.05) is 6.54 Å². The molecule has 15 heavy (non-hydrogen) atoms. The third-order valence-corrected chi connectivity index (χ3v) is 3.41. The number of aryl methyl sites for hydroxylation is 1. The summed E-state index contributed by atoms with van der Waals surface area (Å²) in [5.74, 6) is 0.826. The van der Waals surface area contributed by atoms with Gasteiger partial charge in [-0.1, -0.05) is 13.3 Å². The number of hydrogen-bond donors (Lipinski definition) is 1. The van der Waals surface area contributed by atoms with E-state index in [2.05, 4.69) is 23.4 Å². The first kappa shape index (κ1) is 10.7. The maximum absolute atomic E-state index is 4.26. The first-order valence-corrected chi connectivity index (χ1v) is 6.04. The average Bonchev–Trinajstić information content (AvgIpc) is 2.55. The van der Waals surface area contributed by atoms with Crippen molar-refractivity contribution in [1.29, 1.82) is 0 Å². The molecule has 0 bridgehead atoms. The summed E-state index contributed by atoms with van der Waals surface area (Å²) >= 11 is 0. The molecule has 1 fully saturated rings. The molecule has 0 aliphatic heterocycles. The normalized spacial score (nSPS) is 18.8. The van der Waals surface area contributed by atoms with Gasteiger partial charge in [0.05, 0.1) is 11.7 Å². The second-order valence-corrected chi connectivity index (χ2v) is 4.50. The molecule has 0 aromatic carbocycles. The molecule has 1 aromatic heterocycles. The molecule has 0 amide bonds. The smallest absolute Gasteiger partial charge is 0.0553 e. The van der Waals surface area contributed by atoms with Gasteiger partial charge in [-0.15, -0.1) is 0 Å². The van der Waals surface area contributed by atoms with Crippen molar-refractivity contribution in [2.45, 2.75) is 38.6 Å². The Balaban J connectivity index is 2.07. The second-order valence-electron chi connectivity index (χ2n) is 4.50. The Hall–Kier alpha value is -0.830. The van der Waals surface area contributed by atoms with Crippen molar-refractivity contribution in [3.63, 3.8) is 0 Å². The predicted molar refractivity (Wildman–Crippen MR) is 61.6 cm³/mol. The summed E-state index contributed by atoms with van der Waals surface area (Å²) in [6, 6.07) is 2.66. The van der Waals surface area contributed by atoms with Crippen LogP contribution < -0.4 is 5.32 Å². The van der Waals surface area contributed by atoms with Gasteiger partial charge < -0.3 is 5.32 Å². The summed E-state index contributed by atoms with van der Waals surface area (Å²) in [5.41, 5.74) is 1.34. The van der Waals surface area contributed by atoms with Crippen LogP contribution in [0.5, 0.6) is 0 Å². The van der Waals surface area contributed by atoms with Gasteiger partial charge in [0.2, 0.25) is 0 Å². The number of rotatable bonds is 5. The number of nitrogens with zero attached hydrogens (tertiary/aromatic N) is 2. The van der Waals surface area contributed by atoms with E-state index in [1.807, 2.05) is 17.9 Å².